The third-order valence-corrected chi connectivity index (χ3v) is 3.73. The van der Waals surface area contributed by atoms with E-state index in [9.17, 15) is 0 Å². The van der Waals surface area contributed by atoms with Crippen LogP contribution in [0.1, 0.15) is 24.8 Å². The van der Waals surface area contributed by atoms with Crippen molar-refractivity contribution in [2.24, 2.45) is 0 Å². The summed E-state index contributed by atoms with van der Waals surface area (Å²) in [6.07, 6.45) is 3.50. The van der Waals surface area contributed by atoms with Gasteiger partial charge >= 0.3 is 0 Å². The number of nitriles is 1. The fourth-order valence-corrected chi connectivity index (χ4v) is 2.35. The van der Waals surface area contributed by atoms with Crippen molar-refractivity contribution >= 4 is 0 Å². The van der Waals surface area contributed by atoms with Gasteiger partial charge in [0.25, 0.3) is 0 Å². The lowest BCUT2D eigenvalue weighted by Crippen LogP contribution is -2.47. The maximum Gasteiger partial charge on any atom is 0.174 e. The van der Waals surface area contributed by atoms with Gasteiger partial charge in [-0.25, -0.2) is 0 Å². The molecule has 0 heterocycles. The molecule has 1 aromatic carbocycles. The first-order valence-corrected chi connectivity index (χ1v) is 6.63. The predicted octanol–water partition coefficient (Wildman–Crippen LogP) is 2.25. The number of hydrogen-bond donors (Lipinski definition) is 1. The molecule has 1 N–H and O–H groups in total. The average molecular weight is 260 g/mol. The number of hydrogen-bond acceptors (Lipinski definition) is 4. The maximum atomic E-state index is 8.57. The molecule has 1 saturated carbocycles. The maximum absolute atomic E-state index is 8.57. The summed E-state index contributed by atoms with van der Waals surface area (Å²) in [5.74, 6) is 0.775. The molecule has 0 bridgehead atoms. The molecule has 1 aliphatic rings. The minimum absolute atomic E-state index is 0.0302. The van der Waals surface area contributed by atoms with Gasteiger partial charge in [0.1, 0.15) is 11.8 Å². The number of benzene rings is 1. The van der Waals surface area contributed by atoms with Crippen molar-refractivity contribution in [2.75, 3.05) is 20.3 Å². The zero-order chi connectivity index (χ0) is 13.6. The smallest absolute Gasteiger partial charge is 0.174 e. The van der Waals surface area contributed by atoms with Gasteiger partial charge in [0.15, 0.2) is 6.61 Å². The minimum atomic E-state index is 0.0302. The van der Waals surface area contributed by atoms with Gasteiger partial charge in [-0.15, -0.1) is 0 Å². The van der Waals surface area contributed by atoms with Crippen LogP contribution in [0.4, 0.5) is 0 Å². The minimum Gasteiger partial charge on any atom is -0.478 e. The molecule has 1 aliphatic carbocycles. The van der Waals surface area contributed by atoms with Crippen molar-refractivity contribution in [3.63, 3.8) is 0 Å². The second kappa shape index (κ2) is 6.55. The first-order valence-electron chi connectivity index (χ1n) is 6.63. The summed E-state index contributed by atoms with van der Waals surface area (Å²) in [5.41, 5.74) is 1.10. The quantitative estimate of drug-likeness (QED) is 0.817. The highest BCUT2D eigenvalue weighted by molar-refractivity contribution is 5.33. The van der Waals surface area contributed by atoms with Crippen LogP contribution in [-0.4, -0.2) is 25.9 Å². The molecule has 0 spiro atoms. The van der Waals surface area contributed by atoms with Crippen molar-refractivity contribution in [3.05, 3.63) is 29.8 Å². The highest BCUT2D eigenvalue weighted by Crippen LogP contribution is 2.34. The fraction of sp³-hybridized carbons (Fsp3) is 0.533. The van der Waals surface area contributed by atoms with E-state index in [2.05, 4.69) is 5.32 Å². The molecular formula is C15H20N2O2. The molecule has 1 fully saturated rings. The van der Waals surface area contributed by atoms with Gasteiger partial charge in [-0.1, -0.05) is 18.2 Å². The van der Waals surface area contributed by atoms with Crippen molar-refractivity contribution in [3.8, 4) is 11.8 Å². The Morgan fingerprint density at radius 1 is 1.37 bits per heavy atom. The Morgan fingerprint density at radius 2 is 2.16 bits per heavy atom. The Balaban J connectivity index is 1.87. The van der Waals surface area contributed by atoms with Gasteiger partial charge in [-0.2, -0.15) is 5.26 Å². The standard InChI is InChI=1S/C15H20N2O2/c1-18-15(7-4-8-15)12-17-11-13-5-2-3-6-14(13)19-10-9-16/h2-3,5-6,17H,4,7-8,10-12H2,1H3. The van der Waals surface area contributed by atoms with Gasteiger partial charge in [-0.05, 0) is 25.3 Å². The van der Waals surface area contributed by atoms with E-state index in [1.807, 2.05) is 30.3 Å². The van der Waals surface area contributed by atoms with E-state index in [0.29, 0.717) is 0 Å². The first-order chi connectivity index (χ1) is 9.29. The molecule has 2 rings (SSSR count). The van der Waals surface area contributed by atoms with Crippen LogP contribution in [0.25, 0.3) is 0 Å². The molecule has 102 valence electrons. The number of ether oxygens (including phenoxy) is 2. The van der Waals surface area contributed by atoms with Crippen molar-refractivity contribution in [1.29, 1.82) is 5.26 Å². The predicted molar refractivity (Wildman–Crippen MR) is 72.8 cm³/mol. The van der Waals surface area contributed by atoms with E-state index in [-0.39, 0.29) is 12.2 Å². The summed E-state index contributed by atoms with van der Waals surface area (Å²) in [6, 6.07) is 9.79. The third-order valence-electron chi connectivity index (χ3n) is 3.73. The van der Waals surface area contributed by atoms with Gasteiger partial charge < -0.3 is 14.8 Å². The largest absolute Gasteiger partial charge is 0.478 e. The zero-order valence-electron chi connectivity index (χ0n) is 11.3. The molecule has 0 aliphatic heterocycles. The summed E-state index contributed by atoms with van der Waals surface area (Å²) in [4.78, 5) is 0. The van der Waals surface area contributed by atoms with Gasteiger partial charge in [0.05, 0.1) is 5.60 Å². The summed E-state index contributed by atoms with van der Waals surface area (Å²) in [7, 11) is 1.78. The SMILES string of the molecule is COC1(CNCc2ccccc2OCC#N)CCC1. The van der Waals surface area contributed by atoms with Crippen molar-refractivity contribution in [2.45, 2.75) is 31.4 Å². The molecule has 19 heavy (non-hydrogen) atoms. The number of nitrogens with one attached hydrogen (secondary N) is 1. The van der Waals surface area contributed by atoms with E-state index in [0.717, 1.165) is 37.2 Å². The Morgan fingerprint density at radius 3 is 2.79 bits per heavy atom. The number of para-hydroxylation sites is 1. The van der Waals surface area contributed by atoms with Crippen LogP contribution >= 0.6 is 0 Å². The van der Waals surface area contributed by atoms with E-state index in [1.54, 1.807) is 7.11 Å². The fourth-order valence-electron chi connectivity index (χ4n) is 2.35. The first kappa shape index (κ1) is 13.9. The van der Waals surface area contributed by atoms with Gasteiger partial charge in [-0.3, -0.25) is 0 Å². The van der Waals surface area contributed by atoms with Crippen LogP contribution in [0.3, 0.4) is 0 Å². The van der Waals surface area contributed by atoms with Crippen molar-refractivity contribution < 1.29 is 9.47 Å². The van der Waals surface area contributed by atoms with E-state index in [1.165, 1.54) is 6.42 Å². The summed E-state index contributed by atoms with van der Waals surface area (Å²) >= 11 is 0. The Bertz CT molecular complexity index is 444. The van der Waals surface area contributed by atoms with E-state index >= 15 is 0 Å². The molecule has 4 nitrogen and oxygen atoms in total. The van der Waals surface area contributed by atoms with Crippen LogP contribution in [0.15, 0.2) is 24.3 Å². The van der Waals surface area contributed by atoms with Crippen LogP contribution in [-0.2, 0) is 11.3 Å². The third kappa shape index (κ3) is 3.46. The normalized spacial score (nSPS) is 16.4. The molecule has 0 atom stereocenters. The molecule has 0 aromatic heterocycles. The Hall–Kier alpha value is -1.57. The number of nitrogens with zero attached hydrogens (tertiary/aromatic N) is 1. The summed E-state index contributed by atoms with van der Waals surface area (Å²) < 4.78 is 11.0. The number of rotatable bonds is 7. The van der Waals surface area contributed by atoms with Crippen LogP contribution in [0.2, 0.25) is 0 Å². The number of methoxy groups -OCH3 is 1. The van der Waals surface area contributed by atoms with Crippen LogP contribution in [0.5, 0.6) is 5.75 Å². The van der Waals surface area contributed by atoms with Crippen LogP contribution < -0.4 is 10.1 Å². The summed E-state index contributed by atoms with van der Waals surface area (Å²) in [6.45, 7) is 1.67. The van der Waals surface area contributed by atoms with Gasteiger partial charge in [0, 0.05) is 25.8 Å². The second-order valence-electron chi connectivity index (χ2n) is 4.90. The topological polar surface area (TPSA) is 54.3 Å². The molecule has 0 amide bonds. The summed E-state index contributed by atoms with van der Waals surface area (Å²) in [5, 5.41) is 12.0. The Labute approximate surface area is 114 Å². The molecule has 0 unspecified atom stereocenters. The second-order valence-corrected chi connectivity index (χ2v) is 4.90. The highest BCUT2D eigenvalue weighted by Gasteiger charge is 2.36. The zero-order valence-corrected chi connectivity index (χ0v) is 11.3. The molecule has 1 aromatic rings. The lowest BCUT2D eigenvalue weighted by molar-refractivity contribution is -0.0695. The van der Waals surface area contributed by atoms with E-state index < -0.39 is 0 Å². The molecular weight excluding hydrogens is 240 g/mol. The molecule has 4 heteroatoms. The molecule has 0 radical (unpaired) electrons. The van der Waals surface area contributed by atoms with Gasteiger partial charge in [0.2, 0.25) is 0 Å². The average Bonchev–Trinajstić information content (AvgIpc) is 2.40. The lowest BCUT2D eigenvalue weighted by atomic mass is 9.80. The van der Waals surface area contributed by atoms with Crippen molar-refractivity contribution in [1.82, 2.24) is 5.32 Å². The highest BCUT2D eigenvalue weighted by atomic mass is 16.5. The van der Waals surface area contributed by atoms with E-state index in [4.69, 9.17) is 14.7 Å². The lowest BCUT2D eigenvalue weighted by Gasteiger charge is -2.40. The Kier molecular flexibility index (Phi) is 4.78. The monoisotopic (exact) mass is 260 g/mol. The van der Waals surface area contributed by atoms with Crippen LogP contribution in [0, 0.1) is 11.3 Å². The molecule has 0 saturated heterocycles.